The third kappa shape index (κ3) is 5.57. The highest BCUT2D eigenvalue weighted by Gasteiger charge is 2.20. The van der Waals surface area contributed by atoms with Crippen LogP contribution in [0.1, 0.15) is 51.1 Å². The van der Waals surface area contributed by atoms with E-state index in [1.165, 1.54) is 18.0 Å². The standard InChI is InChI=1S/C18H31N5OS/c1-2-19-17(21-14-5-7-16(24)8-6-14)20-10-9-15-13-25-18(22-15)23-11-3-4-12-23/h13-14,16,24H,2-12H2,1H3,(H2,19,20,21). The average molecular weight is 366 g/mol. The van der Waals surface area contributed by atoms with Gasteiger partial charge in [0.25, 0.3) is 0 Å². The minimum atomic E-state index is -0.118. The largest absolute Gasteiger partial charge is 0.393 e. The summed E-state index contributed by atoms with van der Waals surface area (Å²) in [5.74, 6) is 0.888. The van der Waals surface area contributed by atoms with Crippen molar-refractivity contribution in [3.8, 4) is 0 Å². The van der Waals surface area contributed by atoms with Gasteiger partial charge in [0.15, 0.2) is 11.1 Å². The molecule has 1 aromatic heterocycles. The number of nitrogens with one attached hydrogen (secondary N) is 2. The van der Waals surface area contributed by atoms with Crippen LogP contribution in [0.15, 0.2) is 10.4 Å². The molecule has 3 N–H and O–H groups in total. The maximum absolute atomic E-state index is 9.63. The molecule has 25 heavy (non-hydrogen) atoms. The molecule has 0 bridgehead atoms. The van der Waals surface area contributed by atoms with Gasteiger partial charge in [0, 0.05) is 44.0 Å². The Morgan fingerprint density at radius 3 is 2.80 bits per heavy atom. The average Bonchev–Trinajstić information content (AvgIpc) is 3.28. The maximum Gasteiger partial charge on any atom is 0.191 e. The number of aliphatic hydroxyl groups is 1. The van der Waals surface area contributed by atoms with Gasteiger partial charge in [-0.3, -0.25) is 4.99 Å². The van der Waals surface area contributed by atoms with Crippen molar-refractivity contribution in [2.45, 2.75) is 64.0 Å². The lowest BCUT2D eigenvalue weighted by molar-refractivity contribution is 0.120. The fourth-order valence-electron chi connectivity index (χ4n) is 3.48. The summed E-state index contributed by atoms with van der Waals surface area (Å²) in [6, 6.07) is 0.419. The van der Waals surface area contributed by atoms with Crippen LogP contribution in [0, 0.1) is 0 Å². The van der Waals surface area contributed by atoms with E-state index in [0.29, 0.717) is 6.04 Å². The highest BCUT2D eigenvalue weighted by molar-refractivity contribution is 7.13. The first-order chi connectivity index (χ1) is 12.2. The Morgan fingerprint density at radius 2 is 2.08 bits per heavy atom. The molecule has 1 aliphatic carbocycles. The molecule has 1 aromatic rings. The van der Waals surface area contributed by atoms with Crippen molar-refractivity contribution in [3.05, 3.63) is 11.1 Å². The van der Waals surface area contributed by atoms with E-state index in [0.717, 1.165) is 69.9 Å². The predicted octanol–water partition coefficient (Wildman–Crippen LogP) is 2.14. The smallest absolute Gasteiger partial charge is 0.191 e. The molecule has 0 aromatic carbocycles. The highest BCUT2D eigenvalue weighted by Crippen LogP contribution is 2.24. The number of rotatable bonds is 6. The second kappa shape index (κ2) is 9.38. The van der Waals surface area contributed by atoms with Crippen LogP contribution >= 0.6 is 11.3 Å². The van der Waals surface area contributed by atoms with E-state index in [1.807, 2.05) is 0 Å². The minimum Gasteiger partial charge on any atom is -0.393 e. The van der Waals surface area contributed by atoms with Crippen molar-refractivity contribution < 1.29 is 5.11 Å². The van der Waals surface area contributed by atoms with Crippen LogP contribution < -0.4 is 15.5 Å². The van der Waals surface area contributed by atoms with E-state index in [9.17, 15) is 5.11 Å². The predicted molar refractivity (Wildman–Crippen MR) is 105 cm³/mol. The van der Waals surface area contributed by atoms with Gasteiger partial charge < -0.3 is 20.6 Å². The molecule has 140 valence electrons. The van der Waals surface area contributed by atoms with E-state index in [2.05, 4.69) is 27.8 Å². The number of aromatic nitrogens is 1. The summed E-state index contributed by atoms with van der Waals surface area (Å²) in [5, 5.41) is 19.8. The molecule has 0 atom stereocenters. The van der Waals surface area contributed by atoms with Crippen LogP contribution in [0.3, 0.4) is 0 Å². The molecule has 1 saturated carbocycles. The van der Waals surface area contributed by atoms with Gasteiger partial charge in [0.2, 0.25) is 0 Å². The number of nitrogens with zero attached hydrogens (tertiary/aromatic N) is 3. The van der Waals surface area contributed by atoms with Gasteiger partial charge in [-0.05, 0) is 45.4 Å². The Labute approximate surface area is 154 Å². The minimum absolute atomic E-state index is 0.118. The van der Waals surface area contributed by atoms with Crippen LogP contribution in [0.5, 0.6) is 0 Å². The molecule has 2 aliphatic rings. The quantitative estimate of drug-likeness (QED) is 0.532. The molecule has 0 unspecified atom stereocenters. The zero-order valence-corrected chi connectivity index (χ0v) is 16.0. The van der Waals surface area contributed by atoms with Crippen molar-refractivity contribution in [2.24, 2.45) is 4.99 Å². The third-order valence-corrected chi connectivity index (χ3v) is 5.89. The molecule has 6 nitrogen and oxygen atoms in total. The first kappa shape index (κ1) is 18.5. The Bertz CT molecular complexity index is 547. The number of aliphatic hydroxyl groups excluding tert-OH is 1. The zero-order chi connectivity index (χ0) is 17.5. The SMILES string of the molecule is CCNC(=NCCc1csc(N2CCCC2)n1)NC1CCC(O)CC1. The van der Waals surface area contributed by atoms with Crippen LogP contribution in [-0.4, -0.2) is 54.4 Å². The second-order valence-corrected chi connectivity index (χ2v) is 7.81. The van der Waals surface area contributed by atoms with Crippen LogP contribution in [0.4, 0.5) is 5.13 Å². The van der Waals surface area contributed by atoms with E-state index >= 15 is 0 Å². The first-order valence-corrected chi connectivity index (χ1v) is 10.5. The molecule has 0 spiro atoms. The van der Waals surface area contributed by atoms with Crippen LogP contribution in [0.25, 0.3) is 0 Å². The molecule has 2 fully saturated rings. The maximum atomic E-state index is 9.63. The monoisotopic (exact) mass is 365 g/mol. The Balaban J connectivity index is 1.47. The molecular weight excluding hydrogens is 334 g/mol. The lowest BCUT2D eigenvalue weighted by Crippen LogP contribution is -2.45. The summed E-state index contributed by atoms with van der Waals surface area (Å²) in [6.07, 6.45) is 7.12. The summed E-state index contributed by atoms with van der Waals surface area (Å²) in [6.45, 7) is 5.99. The van der Waals surface area contributed by atoms with Crippen molar-refractivity contribution in [3.63, 3.8) is 0 Å². The zero-order valence-electron chi connectivity index (χ0n) is 15.2. The Kier molecular flexibility index (Phi) is 6.93. The number of hydrogen-bond donors (Lipinski definition) is 3. The number of aliphatic imine (C=N–C) groups is 1. The molecular formula is C18H31N5OS. The molecule has 0 radical (unpaired) electrons. The van der Waals surface area contributed by atoms with Gasteiger partial charge in [-0.1, -0.05) is 0 Å². The van der Waals surface area contributed by atoms with Crippen molar-refractivity contribution in [1.29, 1.82) is 0 Å². The van der Waals surface area contributed by atoms with Gasteiger partial charge in [-0.25, -0.2) is 4.98 Å². The molecule has 1 aliphatic heterocycles. The molecule has 2 heterocycles. The number of thiazole rings is 1. The van der Waals surface area contributed by atoms with Crippen molar-refractivity contribution in [2.75, 3.05) is 31.1 Å². The van der Waals surface area contributed by atoms with Crippen molar-refractivity contribution in [1.82, 2.24) is 15.6 Å². The lowest BCUT2D eigenvalue weighted by atomic mass is 9.93. The molecule has 0 amide bonds. The van der Waals surface area contributed by atoms with Crippen LogP contribution in [0.2, 0.25) is 0 Å². The molecule has 7 heteroatoms. The summed E-state index contributed by atoms with van der Waals surface area (Å²) in [4.78, 5) is 11.9. The topological polar surface area (TPSA) is 72.8 Å². The van der Waals surface area contributed by atoms with Gasteiger partial charge in [0.05, 0.1) is 11.8 Å². The highest BCUT2D eigenvalue weighted by atomic mass is 32.1. The Hall–Kier alpha value is -1.34. The Morgan fingerprint density at radius 1 is 1.32 bits per heavy atom. The number of hydrogen-bond acceptors (Lipinski definition) is 5. The first-order valence-electron chi connectivity index (χ1n) is 9.67. The van der Waals surface area contributed by atoms with Gasteiger partial charge in [-0.15, -0.1) is 11.3 Å². The summed E-state index contributed by atoms with van der Waals surface area (Å²) in [7, 11) is 0. The number of guanidine groups is 1. The molecule has 1 saturated heterocycles. The summed E-state index contributed by atoms with van der Waals surface area (Å²) < 4.78 is 0. The van der Waals surface area contributed by atoms with Crippen LogP contribution in [-0.2, 0) is 6.42 Å². The van der Waals surface area contributed by atoms with E-state index in [4.69, 9.17) is 9.98 Å². The number of anilines is 1. The summed E-state index contributed by atoms with van der Waals surface area (Å²) in [5.41, 5.74) is 1.15. The van der Waals surface area contributed by atoms with E-state index < -0.39 is 0 Å². The normalized spacial score (nSPS) is 24.6. The van der Waals surface area contributed by atoms with Gasteiger partial charge in [-0.2, -0.15) is 0 Å². The third-order valence-electron chi connectivity index (χ3n) is 4.94. The molecule has 3 rings (SSSR count). The van der Waals surface area contributed by atoms with E-state index in [-0.39, 0.29) is 6.10 Å². The van der Waals surface area contributed by atoms with Gasteiger partial charge in [0.1, 0.15) is 0 Å². The summed E-state index contributed by atoms with van der Waals surface area (Å²) >= 11 is 1.76. The second-order valence-electron chi connectivity index (χ2n) is 6.98. The fourth-order valence-corrected chi connectivity index (χ4v) is 4.39. The van der Waals surface area contributed by atoms with Gasteiger partial charge >= 0.3 is 0 Å². The fraction of sp³-hybridized carbons (Fsp3) is 0.778. The lowest BCUT2D eigenvalue weighted by Gasteiger charge is -2.27. The van der Waals surface area contributed by atoms with Crippen molar-refractivity contribution >= 4 is 22.4 Å². The van der Waals surface area contributed by atoms with E-state index in [1.54, 1.807) is 11.3 Å².